The monoisotopic (exact) mass is 448 g/mol. The van der Waals surface area contributed by atoms with Gasteiger partial charge in [-0.25, -0.2) is 15.0 Å². The summed E-state index contributed by atoms with van der Waals surface area (Å²) in [6.45, 7) is 3.65. The van der Waals surface area contributed by atoms with Crippen molar-refractivity contribution in [2.75, 3.05) is 5.73 Å². The molecule has 0 radical (unpaired) electrons. The summed E-state index contributed by atoms with van der Waals surface area (Å²) >= 11 is 6.18. The molecule has 0 fully saturated rings. The van der Waals surface area contributed by atoms with Crippen LogP contribution in [-0.2, 0) is 7.05 Å². The van der Waals surface area contributed by atoms with Gasteiger partial charge in [-0.05, 0) is 44.2 Å². The van der Waals surface area contributed by atoms with Crippen LogP contribution >= 0.6 is 11.6 Å². The Morgan fingerprint density at radius 1 is 1.16 bits per heavy atom. The largest absolute Gasteiger partial charge is 0.382 e. The lowest BCUT2D eigenvalue weighted by Crippen LogP contribution is -2.29. The molecule has 1 amide bonds. The Labute approximate surface area is 189 Å². The second-order valence-corrected chi connectivity index (χ2v) is 7.69. The van der Waals surface area contributed by atoms with Crippen LogP contribution in [0.15, 0.2) is 48.8 Å². The van der Waals surface area contributed by atoms with Crippen LogP contribution in [-0.4, -0.2) is 35.6 Å². The number of nitrogen functional groups attached to an aromatic ring is 1. The van der Waals surface area contributed by atoms with Gasteiger partial charge in [0.1, 0.15) is 16.5 Å². The number of anilines is 1. The average Bonchev–Trinajstić information content (AvgIpc) is 3.19. The highest BCUT2D eigenvalue weighted by Crippen LogP contribution is 2.31. The molecule has 4 heterocycles. The summed E-state index contributed by atoms with van der Waals surface area (Å²) in [4.78, 5) is 30.6. The third kappa shape index (κ3) is 4.42. The molecule has 4 aromatic heterocycles. The minimum absolute atomic E-state index is 0.00278. The van der Waals surface area contributed by atoms with E-state index in [9.17, 15) is 4.79 Å². The third-order valence-electron chi connectivity index (χ3n) is 4.77. The van der Waals surface area contributed by atoms with Crippen LogP contribution in [0.25, 0.3) is 22.6 Å². The predicted octanol–water partition coefficient (Wildman–Crippen LogP) is 3.37. The Morgan fingerprint density at radius 2 is 1.97 bits per heavy atom. The molecule has 4 aromatic rings. The molecular weight excluding hydrogens is 428 g/mol. The first kappa shape index (κ1) is 21.4. The van der Waals surface area contributed by atoms with Crippen LogP contribution in [0, 0.1) is 6.92 Å². The quantitative estimate of drug-likeness (QED) is 0.448. The van der Waals surface area contributed by atoms with Gasteiger partial charge in [0.05, 0.1) is 17.4 Å². The zero-order chi connectivity index (χ0) is 22.8. The Morgan fingerprint density at radius 3 is 2.62 bits per heavy atom. The Balaban J connectivity index is 1.80. The van der Waals surface area contributed by atoms with Gasteiger partial charge in [-0.1, -0.05) is 17.7 Å². The number of amides is 1. The topological polar surface area (TPSA) is 124 Å². The fourth-order valence-corrected chi connectivity index (χ4v) is 3.52. The number of aromatic nitrogens is 6. The first-order valence-electron chi connectivity index (χ1n) is 9.85. The van der Waals surface area contributed by atoms with Crippen molar-refractivity contribution < 1.29 is 4.79 Å². The van der Waals surface area contributed by atoms with Crippen LogP contribution in [0.5, 0.6) is 0 Å². The smallest absolute Gasteiger partial charge is 0.274 e. The van der Waals surface area contributed by atoms with Crippen molar-refractivity contribution in [3.63, 3.8) is 0 Å². The van der Waals surface area contributed by atoms with Crippen LogP contribution in [0.2, 0.25) is 5.15 Å². The van der Waals surface area contributed by atoms with E-state index in [-0.39, 0.29) is 17.6 Å². The minimum Gasteiger partial charge on any atom is -0.382 e. The van der Waals surface area contributed by atoms with E-state index in [1.807, 2.05) is 38.1 Å². The fourth-order valence-electron chi connectivity index (χ4n) is 3.27. The molecule has 0 aliphatic heterocycles. The summed E-state index contributed by atoms with van der Waals surface area (Å²) in [6.07, 6.45) is 3.46. The van der Waals surface area contributed by atoms with E-state index in [0.29, 0.717) is 39.2 Å². The van der Waals surface area contributed by atoms with Crippen LogP contribution < -0.4 is 11.1 Å². The highest BCUT2D eigenvalue weighted by Gasteiger charge is 2.23. The Hall–Kier alpha value is -3.85. The maximum atomic E-state index is 13.0. The lowest BCUT2D eigenvalue weighted by atomic mass is 10.1. The first-order valence-corrected chi connectivity index (χ1v) is 10.2. The highest BCUT2D eigenvalue weighted by atomic mass is 35.5. The van der Waals surface area contributed by atoms with Crippen molar-refractivity contribution in [1.29, 1.82) is 0 Å². The zero-order valence-corrected chi connectivity index (χ0v) is 18.5. The van der Waals surface area contributed by atoms with E-state index in [1.54, 1.807) is 36.3 Å². The highest BCUT2D eigenvalue weighted by molar-refractivity contribution is 6.29. The number of nitrogens with two attached hydrogens (primary N) is 1. The molecule has 4 rings (SSSR count). The molecule has 32 heavy (non-hydrogen) atoms. The van der Waals surface area contributed by atoms with Gasteiger partial charge >= 0.3 is 0 Å². The lowest BCUT2D eigenvalue weighted by molar-refractivity contribution is 0.0935. The van der Waals surface area contributed by atoms with Crippen molar-refractivity contribution in [1.82, 2.24) is 35.0 Å². The van der Waals surface area contributed by atoms with E-state index in [2.05, 4.69) is 30.4 Å². The van der Waals surface area contributed by atoms with Crippen molar-refractivity contribution in [2.45, 2.75) is 19.9 Å². The van der Waals surface area contributed by atoms with Crippen LogP contribution in [0.1, 0.15) is 34.8 Å². The van der Waals surface area contributed by atoms with E-state index in [0.717, 1.165) is 0 Å². The fraction of sp³-hybridized carbons (Fsp3) is 0.182. The number of aryl methyl sites for hydroxylation is 2. The number of pyridine rings is 2. The second-order valence-electron chi connectivity index (χ2n) is 7.30. The molecule has 1 atom stereocenters. The standard InChI is InChI=1S/C22H21ClN8O/c1-12-10-14(11-17(23)26-12)18-19(16-7-9-31(3)30-16)29-21(24)20(28-18)22(32)27-13(2)15-6-4-5-8-25-15/h4-11,13H,1-3H3,(H2,24,29)(H,27,32)/t13-/m1/s1. The molecule has 0 unspecified atom stereocenters. The SMILES string of the molecule is Cc1cc(-c2nc(C(=O)N[C@H](C)c3ccccn3)c(N)nc2-c2ccn(C)n2)cc(Cl)n1. The van der Waals surface area contributed by atoms with Crippen molar-refractivity contribution in [3.8, 4) is 22.6 Å². The molecule has 0 spiro atoms. The minimum atomic E-state index is -0.459. The van der Waals surface area contributed by atoms with Crippen LogP contribution in [0.4, 0.5) is 5.82 Å². The second kappa shape index (κ2) is 8.72. The zero-order valence-electron chi connectivity index (χ0n) is 17.7. The molecule has 0 aliphatic rings. The Kier molecular flexibility index (Phi) is 5.83. The maximum absolute atomic E-state index is 13.0. The van der Waals surface area contributed by atoms with E-state index >= 15 is 0 Å². The number of rotatable bonds is 5. The number of carbonyl (C=O) groups excluding carboxylic acids is 1. The number of hydrogen-bond donors (Lipinski definition) is 2. The van der Waals surface area contributed by atoms with Gasteiger partial charge in [0, 0.05) is 30.7 Å². The van der Waals surface area contributed by atoms with Crippen molar-refractivity contribution in [3.05, 3.63) is 71.0 Å². The molecule has 162 valence electrons. The van der Waals surface area contributed by atoms with Gasteiger partial charge in [-0.15, -0.1) is 0 Å². The predicted molar refractivity (Wildman–Crippen MR) is 122 cm³/mol. The van der Waals surface area contributed by atoms with Gasteiger partial charge in [-0.3, -0.25) is 14.5 Å². The maximum Gasteiger partial charge on any atom is 0.274 e. The molecule has 3 N–H and O–H groups in total. The normalized spacial score (nSPS) is 11.9. The Bertz CT molecular complexity index is 1270. The number of halogens is 1. The van der Waals surface area contributed by atoms with Crippen LogP contribution in [0.3, 0.4) is 0 Å². The van der Waals surface area contributed by atoms with E-state index in [4.69, 9.17) is 17.3 Å². The van der Waals surface area contributed by atoms with Gasteiger partial charge in [0.15, 0.2) is 11.5 Å². The molecule has 9 nitrogen and oxygen atoms in total. The summed E-state index contributed by atoms with van der Waals surface area (Å²) in [5, 5.41) is 7.60. The van der Waals surface area contributed by atoms with Gasteiger partial charge in [0.2, 0.25) is 0 Å². The van der Waals surface area contributed by atoms with Crippen molar-refractivity contribution >= 4 is 23.3 Å². The average molecular weight is 449 g/mol. The molecule has 0 saturated heterocycles. The summed E-state index contributed by atoms with van der Waals surface area (Å²) in [6, 6.07) is 10.4. The van der Waals surface area contributed by atoms with Crippen molar-refractivity contribution in [2.24, 2.45) is 7.05 Å². The van der Waals surface area contributed by atoms with E-state index < -0.39 is 5.91 Å². The first-order chi connectivity index (χ1) is 15.3. The summed E-state index contributed by atoms with van der Waals surface area (Å²) < 4.78 is 1.65. The van der Waals surface area contributed by atoms with Gasteiger partial charge in [-0.2, -0.15) is 5.10 Å². The number of nitrogens with one attached hydrogen (secondary N) is 1. The van der Waals surface area contributed by atoms with Gasteiger partial charge in [0.25, 0.3) is 5.91 Å². The number of carbonyl (C=O) groups is 1. The lowest BCUT2D eigenvalue weighted by Gasteiger charge is -2.15. The van der Waals surface area contributed by atoms with Gasteiger partial charge < -0.3 is 11.1 Å². The summed E-state index contributed by atoms with van der Waals surface area (Å²) in [5.74, 6) is -0.462. The number of nitrogens with zero attached hydrogens (tertiary/aromatic N) is 6. The molecule has 0 aromatic carbocycles. The summed E-state index contributed by atoms with van der Waals surface area (Å²) in [7, 11) is 1.80. The molecular formula is C22H21ClN8O. The summed E-state index contributed by atoms with van der Waals surface area (Å²) in [5.41, 5.74) is 9.69. The molecule has 0 aliphatic carbocycles. The third-order valence-corrected chi connectivity index (χ3v) is 4.96. The molecule has 0 saturated carbocycles. The van der Waals surface area contributed by atoms with E-state index in [1.165, 1.54) is 0 Å². The number of hydrogen-bond acceptors (Lipinski definition) is 7. The molecule has 0 bridgehead atoms. The molecule has 10 heteroatoms.